The van der Waals surface area contributed by atoms with Gasteiger partial charge >= 0.3 is 5.69 Å². The van der Waals surface area contributed by atoms with Crippen molar-refractivity contribution in [3.05, 3.63) is 47.1 Å². The van der Waals surface area contributed by atoms with E-state index >= 15 is 0 Å². The van der Waals surface area contributed by atoms with E-state index in [9.17, 15) is 13.2 Å². The van der Waals surface area contributed by atoms with Gasteiger partial charge in [-0.3, -0.25) is 4.57 Å². The second-order valence-electron chi connectivity index (χ2n) is 3.07. The Morgan fingerprint density at radius 2 is 1.81 bits per heavy atom. The van der Waals surface area contributed by atoms with Gasteiger partial charge in [-0.15, -0.1) is 0 Å². The Balaban J connectivity index is 2.49. The summed E-state index contributed by atoms with van der Waals surface area (Å²) in [5.74, 6) is 0. The molecule has 0 spiro atoms. The van der Waals surface area contributed by atoms with Crippen molar-refractivity contribution in [1.29, 1.82) is 0 Å². The van der Waals surface area contributed by atoms with E-state index in [1.807, 2.05) is 0 Å². The molecule has 1 N–H and O–H groups in total. The summed E-state index contributed by atoms with van der Waals surface area (Å²) < 4.78 is 23.3. The van der Waals surface area contributed by atoms with Crippen LogP contribution in [0.5, 0.6) is 0 Å². The molecule has 1 aromatic heterocycles. The van der Waals surface area contributed by atoms with Crippen molar-refractivity contribution in [2.45, 2.75) is 4.90 Å². The highest BCUT2D eigenvalue weighted by molar-refractivity contribution is 8.13. The Labute approximate surface area is 95.7 Å². The highest BCUT2D eigenvalue weighted by Gasteiger charge is 2.09. The molecule has 0 radical (unpaired) electrons. The third-order valence-electron chi connectivity index (χ3n) is 2.05. The minimum Gasteiger partial charge on any atom is -0.312 e. The first-order valence-corrected chi connectivity index (χ1v) is 6.60. The zero-order valence-corrected chi connectivity index (χ0v) is 9.49. The number of H-pyrrole nitrogens is 1. The number of hydrogen-bond donors (Lipinski definition) is 1. The number of hydrogen-bond acceptors (Lipinski definition) is 3. The molecule has 1 aromatic carbocycles. The largest absolute Gasteiger partial charge is 0.330 e. The van der Waals surface area contributed by atoms with Crippen molar-refractivity contribution in [2.24, 2.45) is 0 Å². The summed E-state index contributed by atoms with van der Waals surface area (Å²) in [5, 5.41) is 0. The van der Waals surface area contributed by atoms with Crippen LogP contribution in [0.15, 0.2) is 46.3 Å². The van der Waals surface area contributed by atoms with E-state index in [0.717, 1.165) is 0 Å². The smallest absolute Gasteiger partial charge is 0.312 e. The Morgan fingerprint density at radius 3 is 2.25 bits per heavy atom. The van der Waals surface area contributed by atoms with Crippen LogP contribution in [0.4, 0.5) is 0 Å². The predicted molar refractivity (Wildman–Crippen MR) is 59.4 cm³/mol. The number of nitrogens with zero attached hydrogens (tertiary/aromatic N) is 1. The van der Waals surface area contributed by atoms with Gasteiger partial charge in [0.1, 0.15) is 0 Å². The molecule has 0 aliphatic rings. The molecule has 5 nitrogen and oxygen atoms in total. The van der Waals surface area contributed by atoms with Gasteiger partial charge in [0.25, 0.3) is 9.05 Å². The van der Waals surface area contributed by atoms with Gasteiger partial charge in [-0.05, 0) is 24.3 Å². The number of nitrogens with one attached hydrogen (secondary N) is 1. The van der Waals surface area contributed by atoms with Gasteiger partial charge < -0.3 is 4.98 Å². The molecule has 84 valence electrons. The molecule has 2 aromatic rings. The van der Waals surface area contributed by atoms with Crippen LogP contribution in [0, 0.1) is 0 Å². The van der Waals surface area contributed by atoms with Gasteiger partial charge in [-0.25, -0.2) is 13.2 Å². The Morgan fingerprint density at radius 1 is 1.19 bits per heavy atom. The molecule has 0 saturated heterocycles. The summed E-state index contributed by atoms with van der Waals surface area (Å²) in [6, 6.07) is 5.70. The van der Waals surface area contributed by atoms with E-state index in [1.54, 1.807) is 6.20 Å². The minimum absolute atomic E-state index is 0.00139. The van der Waals surface area contributed by atoms with E-state index in [1.165, 1.54) is 35.0 Å². The van der Waals surface area contributed by atoms with E-state index in [4.69, 9.17) is 10.7 Å². The molecule has 1 heterocycles. The van der Waals surface area contributed by atoms with Gasteiger partial charge in [-0.1, -0.05) is 0 Å². The SMILES string of the molecule is O=c1[nH]ccn1-c1ccc(S(=O)(=O)Cl)cc1. The summed E-state index contributed by atoms with van der Waals surface area (Å²) in [6.45, 7) is 0. The number of rotatable bonds is 2. The van der Waals surface area contributed by atoms with Crippen LogP contribution in [-0.2, 0) is 9.05 Å². The maximum atomic E-state index is 11.3. The maximum Gasteiger partial charge on any atom is 0.330 e. The average Bonchev–Trinajstić information content (AvgIpc) is 2.63. The molecule has 2 rings (SSSR count). The Kier molecular flexibility index (Phi) is 2.61. The van der Waals surface area contributed by atoms with Crippen molar-refractivity contribution >= 4 is 19.7 Å². The molecular formula is C9H7ClN2O3S. The summed E-state index contributed by atoms with van der Waals surface area (Å²) in [6.07, 6.45) is 3.04. The predicted octanol–water partition coefficient (Wildman–Crippen LogP) is 1.09. The molecule has 0 atom stereocenters. The van der Waals surface area contributed by atoms with Crippen molar-refractivity contribution in [1.82, 2.24) is 9.55 Å². The molecule has 16 heavy (non-hydrogen) atoms. The molecule has 0 aliphatic carbocycles. The van der Waals surface area contributed by atoms with Crippen LogP contribution < -0.4 is 5.69 Å². The van der Waals surface area contributed by atoms with E-state index in [0.29, 0.717) is 5.69 Å². The second-order valence-corrected chi connectivity index (χ2v) is 5.63. The molecule has 0 unspecified atom stereocenters. The molecule has 7 heteroatoms. The van der Waals surface area contributed by atoms with Crippen LogP contribution in [0.25, 0.3) is 5.69 Å². The summed E-state index contributed by atoms with van der Waals surface area (Å²) in [5.41, 5.74) is 0.275. The number of imidazole rings is 1. The highest BCUT2D eigenvalue weighted by atomic mass is 35.7. The normalized spacial score (nSPS) is 11.6. The topological polar surface area (TPSA) is 71.9 Å². The first-order chi connectivity index (χ1) is 7.48. The Bertz CT molecular complexity index is 655. The summed E-state index contributed by atoms with van der Waals surface area (Å²) in [4.78, 5) is 13.7. The van der Waals surface area contributed by atoms with Crippen molar-refractivity contribution < 1.29 is 8.42 Å². The third kappa shape index (κ3) is 2.02. The van der Waals surface area contributed by atoms with Gasteiger partial charge in [0.15, 0.2) is 0 Å². The van der Waals surface area contributed by atoms with E-state index in [-0.39, 0.29) is 10.6 Å². The molecule has 0 bridgehead atoms. The third-order valence-corrected chi connectivity index (χ3v) is 3.42. The van der Waals surface area contributed by atoms with Crippen LogP contribution in [0.3, 0.4) is 0 Å². The zero-order chi connectivity index (χ0) is 11.8. The monoisotopic (exact) mass is 258 g/mol. The lowest BCUT2D eigenvalue weighted by Gasteiger charge is -2.01. The number of benzene rings is 1. The summed E-state index contributed by atoms with van der Waals surface area (Å²) in [7, 11) is 1.44. The first-order valence-electron chi connectivity index (χ1n) is 4.29. The van der Waals surface area contributed by atoms with Crippen molar-refractivity contribution in [2.75, 3.05) is 0 Å². The highest BCUT2D eigenvalue weighted by Crippen LogP contribution is 2.16. The number of aromatic amines is 1. The van der Waals surface area contributed by atoms with Gasteiger partial charge in [0, 0.05) is 23.1 Å². The average molecular weight is 259 g/mol. The lowest BCUT2D eigenvalue weighted by molar-refractivity contribution is 0.609. The molecular weight excluding hydrogens is 252 g/mol. The van der Waals surface area contributed by atoms with E-state index in [2.05, 4.69) is 4.98 Å². The van der Waals surface area contributed by atoms with Crippen LogP contribution in [-0.4, -0.2) is 18.0 Å². The van der Waals surface area contributed by atoms with Crippen molar-refractivity contribution in [3.8, 4) is 5.69 Å². The van der Waals surface area contributed by atoms with Gasteiger partial charge in [0.2, 0.25) is 0 Å². The van der Waals surface area contributed by atoms with Crippen LogP contribution >= 0.6 is 10.7 Å². The quantitative estimate of drug-likeness (QED) is 0.820. The standard InChI is InChI=1S/C9H7ClN2O3S/c10-16(14,15)8-3-1-7(2-4-8)12-6-5-11-9(12)13/h1-6H,(H,11,13). The molecule has 0 aliphatic heterocycles. The number of halogens is 1. The number of aromatic nitrogens is 2. The molecule has 0 fully saturated rings. The fraction of sp³-hybridized carbons (Fsp3) is 0. The van der Waals surface area contributed by atoms with E-state index < -0.39 is 9.05 Å². The van der Waals surface area contributed by atoms with Crippen molar-refractivity contribution in [3.63, 3.8) is 0 Å². The molecule has 0 saturated carbocycles. The fourth-order valence-corrected chi connectivity index (χ4v) is 2.06. The zero-order valence-electron chi connectivity index (χ0n) is 7.92. The van der Waals surface area contributed by atoms with Crippen LogP contribution in [0.1, 0.15) is 0 Å². The maximum absolute atomic E-state index is 11.3. The summed E-state index contributed by atoms with van der Waals surface area (Å²) >= 11 is 0. The molecule has 0 amide bonds. The Hall–Kier alpha value is -1.53. The minimum atomic E-state index is -3.72. The lowest BCUT2D eigenvalue weighted by Crippen LogP contribution is -2.13. The second kappa shape index (κ2) is 3.80. The van der Waals surface area contributed by atoms with Gasteiger partial charge in [-0.2, -0.15) is 0 Å². The van der Waals surface area contributed by atoms with Crippen LogP contribution in [0.2, 0.25) is 0 Å². The fourth-order valence-electron chi connectivity index (χ4n) is 1.29. The van der Waals surface area contributed by atoms with Gasteiger partial charge in [0.05, 0.1) is 10.6 Å². The first kappa shape index (κ1) is 11.0. The lowest BCUT2D eigenvalue weighted by atomic mass is 10.3.